The van der Waals surface area contributed by atoms with Crippen LogP contribution < -0.4 is 10.5 Å². The van der Waals surface area contributed by atoms with Crippen LogP contribution in [0.3, 0.4) is 0 Å². The second kappa shape index (κ2) is 4.10. The van der Waals surface area contributed by atoms with Gasteiger partial charge in [0.15, 0.2) is 0 Å². The van der Waals surface area contributed by atoms with Crippen LogP contribution in [0.5, 0.6) is 5.75 Å². The lowest BCUT2D eigenvalue weighted by atomic mass is 9.91. The van der Waals surface area contributed by atoms with Gasteiger partial charge in [-0.2, -0.15) is 0 Å². The van der Waals surface area contributed by atoms with Gasteiger partial charge in [0.2, 0.25) is 0 Å². The standard InChI is InChI=1S/C14H21NO/c1-10(2)16-12-6-4-5-11(3)13(12)14(9-15)7-8-14/h4-6,10H,7-9,15H2,1-3H3. The zero-order valence-electron chi connectivity index (χ0n) is 10.4. The van der Waals surface area contributed by atoms with E-state index in [4.69, 9.17) is 10.5 Å². The molecular formula is C14H21NO. The Balaban J connectivity index is 2.41. The number of rotatable bonds is 4. The van der Waals surface area contributed by atoms with Crippen molar-refractivity contribution in [3.8, 4) is 5.75 Å². The van der Waals surface area contributed by atoms with Crippen molar-refractivity contribution in [2.75, 3.05) is 6.54 Å². The van der Waals surface area contributed by atoms with Crippen LogP contribution in [-0.4, -0.2) is 12.6 Å². The Labute approximate surface area is 97.8 Å². The molecule has 1 saturated carbocycles. The van der Waals surface area contributed by atoms with Gasteiger partial charge in [0.1, 0.15) is 5.75 Å². The highest BCUT2D eigenvalue weighted by Crippen LogP contribution is 2.51. The minimum atomic E-state index is 0.204. The number of nitrogens with two attached hydrogens (primary N) is 1. The predicted molar refractivity (Wildman–Crippen MR) is 66.9 cm³/mol. The van der Waals surface area contributed by atoms with Crippen molar-refractivity contribution >= 4 is 0 Å². The van der Waals surface area contributed by atoms with Crippen LogP contribution in [0.2, 0.25) is 0 Å². The van der Waals surface area contributed by atoms with Crippen LogP contribution in [0.1, 0.15) is 37.8 Å². The molecule has 1 aliphatic carbocycles. The highest BCUT2D eigenvalue weighted by molar-refractivity contribution is 5.48. The van der Waals surface area contributed by atoms with Crippen molar-refractivity contribution < 1.29 is 4.74 Å². The third kappa shape index (κ3) is 1.94. The maximum absolute atomic E-state index is 5.91. The van der Waals surface area contributed by atoms with E-state index < -0.39 is 0 Å². The van der Waals surface area contributed by atoms with Crippen LogP contribution in [-0.2, 0) is 5.41 Å². The van der Waals surface area contributed by atoms with Crippen LogP contribution >= 0.6 is 0 Å². The van der Waals surface area contributed by atoms with E-state index in [1.54, 1.807) is 0 Å². The molecule has 0 radical (unpaired) electrons. The largest absolute Gasteiger partial charge is 0.491 e. The average Bonchev–Trinajstić information content (AvgIpc) is 2.98. The molecule has 0 aromatic heterocycles. The molecule has 1 aromatic rings. The van der Waals surface area contributed by atoms with Gasteiger partial charge in [-0.1, -0.05) is 12.1 Å². The summed E-state index contributed by atoms with van der Waals surface area (Å²) in [5.74, 6) is 1.03. The number of hydrogen-bond acceptors (Lipinski definition) is 2. The third-order valence-electron chi connectivity index (χ3n) is 3.37. The molecule has 2 nitrogen and oxygen atoms in total. The number of benzene rings is 1. The lowest BCUT2D eigenvalue weighted by Gasteiger charge is -2.22. The first-order valence-electron chi connectivity index (χ1n) is 6.06. The van der Waals surface area contributed by atoms with E-state index in [1.165, 1.54) is 24.0 Å². The van der Waals surface area contributed by atoms with Gasteiger partial charge in [-0.15, -0.1) is 0 Å². The molecule has 16 heavy (non-hydrogen) atoms. The Morgan fingerprint density at radius 2 is 2.06 bits per heavy atom. The summed E-state index contributed by atoms with van der Waals surface area (Å²) < 4.78 is 5.90. The fourth-order valence-corrected chi connectivity index (χ4v) is 2.38. The van der Waals surface area contributed by atoms with E-state index in [2.05, 4.69) is 39.0 Å². The first kappa shape index (κ1) is 11.5. The molecule has 0 unspecified atom stereocenters. The number of ether oxygens (including phenoxy) is 1. The first-order valence-corrected chi connectivity index (χ1v) is 6.06. The van der Waals surface area contributed by atoms with Gasteiger partial charge in [-0.25, -0.2) is 0 Å². The Morgan fingerprint density at radius 3 is 2.56 bits per heavy atom. The monoisotopic (exact) mass is 219 g/mol. The van der Waals surface area contributed by atoms with Crippen LogP contribution in [0, 0.1) is 6.92 Å². The summed E-state index contributed by atoms with van der Waals surface area (Å²) in [4.78, 5) is 0. The SMILES string of the molecule is Cc1cccc(OC(C)C)c1C1(CN)CC1. The molecule has 88 valence electrons. The summed E-state index contributed by atoms with van der Waals surface area (Å²) in [7, 11) is 0. The molecule has 0 aliphatic heterocycles. The second-order valence-corrected chi connectivity index (χ2v) is 5.10. The average molecular weight is 219 g/mol. The number of aryl methyl sites for hydroxylation is 1. The normalized spacial score (nSPS) is 17.6. The van der Waals surface area contributed by atoms with Crippen molar-refractivity contribution in [3.63, 3.8) is 0 Å². The van der Waals surface area contributed by atoms with Gasteiger partial charge in [0, 0.05) is 17.5 Å². The fourth-order valence-electron chi connectivity index (χ4n) is 2.38. The lowest BCUT2D eigenvalue weighted by Crippen LogP contribution is -2.22. The summed E-state index contributed by atoms with van der Waals surface area (Å²) in [6.07, 6.45) is 2.61. The maximum atomic E-state index is 5.91. The second-order valence-electron chi connectivity index (χ2n) is 5.10. The van der Waals surface area contributed by atoms with Crippen LogP contribution in [0.25, 0.3) is 0 Å². The van der Waals surface area contributed by atoms with Crippen LogP contribution in [0.4, 0.5) is 0 Å². The highest BCUT2D eigenvalue weighted by Gasteiger charge is 2.45. The van der Waals surface area contributed by atoms with Crippen molar-refractivity contribution in [2.24, 2.45) is 5.73 Å². The topological polar surface area (TPSA) is 35.2 Å². The van der Waals surface area contributed by atoms with Gasteiger partial charge in [-0.3, -0.25) is 0 Å². The first-order chi connectivity index (χ1) is 7.59. The van der Waals surface area contributed by atoms with E-state index in [0.29, 0.717) is 0 Å². The van der Waals surface area contributed by atoms with E-state index in [0.717, 1.165) is 12.3 Å². The summed E-state index contributed by atoms with van der Waals surface area (Å²) >= 11 is 0. The lowest BCUT2D eigenvalue weighted by molar-refractivity contribution is 0.238. The molecule has 0 spiro atoms. The Morgan fingerprint density at radius 1 is 1.38 bits per heavy atom. The third-order valence-corrected chi connectivity index (χ3v) is 3.37. The van der Waals surface area contributed by atoms with Crippen molar-refractivity contribution in [2.45, 2.75) is 45.1 Å². The molecule has 0 bridgehead atoms. The van der Waals surface area contributed by atoms with Gasteiger partial charge in [0.25, 0.3) is 0 Å². The fraction of sp³-hybridized carbons (Fsp3) is 0.571. The minimum absolute atomic E-state index is 0.204. The quantitative estimate of drug-likeness (QED) is 0.845. The summed E-state index contributed by atoms with van der Waals surface area (Å²) in [6.45, 7) is 7.01. The highest BCUT2D eigenvalue weighted by atomic mass is 16.5. The minimum Gasteiger partial charge on any atom is -0.491 e. The maximum Gasteiger partial charge on any atom is 0.123 e. The molecule has 1 fully saturated rings. The van der Waals surface area contributed by atoms with Crippen molar-refractivity contribution in [3.05, 3.63) is 29.3 Å². The van der Waals surface area contributed by atoms with Crippen molar-refractivity contribution in [1.29, 1.82) is 0 Å². The predicted octanol–water partition coefficient (Wildman–Crippen LogP) is 2.77. The summed E-state index contributed by atoms with van der Waals surface area (Å²) in [5, 5.41) is 0. The zero-order valence-corrected chi connectivity index (χ0v) is 10.4. The number of hydrogen-bond donors (Lipinski definition) is 1. The van der Waals surface area contributed by atoms with Gasteiger partial charge in [0.05, 0.1) is 6.10 Å². The molecule has 2 rings (SSSR count). The Hall–Kier alpha value is -1.02. The summed E-state index contributed by atoms with van der Waals surface area (Å²) in [6, 6.07) is 6.28. The molecule has 1 aliphatic rings. The molecule has 1 aromatic carbocycles. The zero-order chi connectivity index (χ0) is 11.8. The molecule has 0 amide bonds. The van der Waals surface area contributed by atoms with Gasteiger partial charge in [-0.05, 0) is 45.2 Å². The molecular weight excluding hydrogens is 198 g/mol. The van der Waals surface area contributed by atoms with Crippen molar-refractivity contribution in [1.82, 2.24) is 0 Å². The molecule has 0 heterocycles. The molecule has 0 saturated heterocycles. The Bertz CT molecular complexity index is 380. The Kier molecular flexibility index (Phi) is 2.94. The molecule has 0 atom stereocenters. The van der Waals surface area contributed by atoms with E-state index in [-0.39, 0.29) is 11.5 Å². The van der Waals surface area contributed by atoms with Gasteiger partial charge < -0.3 is 10.5 Å². The summed E-state index contributed by atoms with van der Waals surface area (Å²) in [5.41, 5.74) is 8.76. The van der Waals surface area contributed by atoms with Gasteiger partial charge >= 0.3 is 0 Å². The van der Waals surface area contributed by atoms with E-state index in [1.807, 2.05) is 0 Å². The van der Waals surface area contributed by atoms with Crippen LogP contribution in [0.15, 0.2) is 18.2 Å². The van der Waals surface area contributed by atoms with E-state index >= 15 is 0 Å². The molecule has 2 heteroatoms. The smallest absolute Gasteiger partial charge is 0.123 e. The molecule has 2 N–H and O–H groups in total. The van der Waals surface area contributed by atoms with E-state index in [9.17, 15) is 0 Å².